The smallest absolute Gasteiger partial charge is 0.290 e. The van der Waals surface area contributed by atoms with Gasteiger partial charge in [-0.2, -0.15) is 4.98 Å². The van der Waals surface area contributed by atoms with Gasteiger partial charge in [-0.25, -0.2) is 13.6 Å². The molecule has 1 heterocycles. The predicted molar refractivity (Wildman–Crippen MR) is 51.7 cm³/mol. The summed E-state index contributed by atoms with van der Waals surface area (Å²) in [6, 6.07) is 0. The molecule has 0 aromatic carbocycles. The summed E-state index contributed by atoms with van der Waals surface area (Å²) in [5.74, 6) is 0. The molecule has 1 aromatic rings. The minimum absolute atomic E-state index is 0.475. The van der Waals surface area contributed by atoms with Crippen LogP contribution in [0.4, 0.5) is 8.78 Å². The Morgan fingerprint density at radius 3 is 2.57 bits per heavy atom. The maximum absolute atomic E-state index is 12.1. The first-order valence-corrected chi connectivity index (χ1v) is 4.74. The zero-order chi connectivity index (χ0) is 10.9. The lowest BCUT2D eigenvalue weighted by Gasteiger charge is -2.10. The van der Waals surface area contributed by atoms with Crippen LogP contribution in [0.3, 0.4) is 0 Å². The Morgan fingerprint density at radius 2 is 2.07 bits per heavy atom. The quantitative estimate of drug-likeness (QED) is 0.820. The van der Waals surface area contributed by atoms with Crippen LogP contribution in [0.1, 0.15) is 11.4 Å². The van der Waals surface area contributed by atoms with E-state index in [1.54, 1.807) is 13.8 Å². The number of hydrogen-bond donors (Lipinski definition) is 0. The van der Waals surface area contributed by atoms with E-state index in [9.17, 15) is 13.6 Å². The molecule has 0 atom stereocenters. The van der Waals surface area contributed by atoms with Crippen molar-refractivity contribution < 1.29 is 8.78 Å². The van der Waals surface area contributed by atoms with Crippen molar-refractivity contribution >= 4 is 15.9 Å². The van der Waals surface area contributed by atoms with Crippen molar-refractivity contribution in [2.75, 3.05) is 0 Å². The number of rotatable bonds is 2. The van der Waals surface area contributed by atoms with Crippen molar-refractivity contribution in [3.8, 4) is 0 Å². The SMILES string of the molecule is Cc1nc(=O)n(CC(F)F)c(C)c1Br. The van der Waals surface area contributed by atoms with Gasteiger partial charge in [0.15, 0.2) is 0 Å². The molecule has 0 saturated carbocycles. The monoisotopic (exact) mass is 266 g/mol. The molecule has 0 aliphatic carbocycles. The largest absolute Gasteiger partial charge is 0.348 e. The summed E-state index contributed by atoms with van der Waals surface area (Å²) >= 11 is 3.19. The van der Waals surface area contributed by atoms with Crippen LogP contribution in [0, 0.1) is 13.8 Å². The molecule has 6 heteroatoms. The highest BCUT2D eigenvalue weighted by molar-refractivity contribution is 9.10. The van der Waals surface area contributed by atoms with Crippen LogP contribution in [-0.2, 0) is 6.54 Å². The standard InChI is InChI=1S/C8H9BrF2N2O/c1-4-7(9)5(2)13(3-6(10)11)8(14)12-4/h6H,3H2,1-2H3. The first kappa shape index (κ1) is 11.3. The van der Waals surface area contributed by atoms with E-state index in [1.165, 1.54) is 0 Å². The Morgan fingerprint density at radius 1 is 1.50 bits per heavy atom. The number of halogens is 3. The van der Waals surface area contributed by atoms with Crippen molar-refractivity contribution in [2.45, 2.75) is 26.8 Å². The molecule has 0 aliphatic heterocycles. The predicted octanol–water partition coefficient (Wildman–Crippen LogP) is 1.89. The fourth-order valence-corrected chi connectivity index (χ4v) is 1.43. The van der Waals surface area contributed by atoms with Crippen LogP contribution in [0.5, 0.6) is 0 Å². The van der Waals surface area contributed by atoms with Gasteiger partial charge in [-0.3, -0.25) is 4.57 Å². The second kappa shape index (κ2) is 4.16. The Kier molecular flexibility index (Phi) is 3.36. The van der Waals surface area contributed by atoms with E-state index in [1.807, 2.05) is 0 Å². The molecule has 0 radical (unpaired) electrons. The minimum atomic E-state index is -2.55. The molecular weight excluding hydrogens is 258 g/mol. The van der Waals surface area contributed by atoms with E-state index in [2.05, 4.69) is 20.9 Å². The average Bonchev–Trinajstić information content (AvgIpc) is 2.09. The highest BCUT2D eigenvalue weighted by atomic mass is 79.9. The molecule has 0 amide bonds. The van der Waals surface area contributed by atoms with Gasteiger partial charge in [-0.05, 0) is 29.8 Å². The van der Waals surface area contributed by atoms with E-state index in [4.69, 9.17) is 0 Å². The molecule has 0 bridgehead atoms. The van der Waals surface area contributed by atoms with Crippen LogP contribution in [-0.4, -0.2) is 16.0 Å². The van der Waals surface area contributed by atoms with Crippen molar-refractivity contribution in [1.29, 1.82) is 0 Å². The molecule has 0 unspecified atom stereocenters. The summed E-state index contributed by atoms with van der Waals surface area (Å²) in [5.41, 5.74) is 0.351. The second-order valence-corrected chi connectivity index (χ2v) is 3.67. The molecule has 0 aliphatic rings. The molecule has 14 heavy (non-hydrogen) atoms. The van der Waals surface area contributed by atoms with E-state index in [0.717, 1.165) is 4.57 Å². The average molecular weight is 267 g/mol. The Hall–Kier alpha value is -0.780. The summed E-state index contributed by atoms with van der Waals surface area (Å²) in [7, 11) is 0. The summed E-state index contributed by atoms with van der Waals surface area (Å²) in [6.07, 6.45) is -2.55. The molecule has 0 fully saturated rings. The van der Waals surface area contributed by atoms with Crippen molar-refractivity contribution in [3.05, 3.63) is 26.3 Å². The molecular formula is C8H9BrF2N2O. The third-order valence-electron chi connectivity index (χ3n) is 1.86. The third-order valence-corrected chi connectivity index (χ3v) is 3.00. The van der Waals surface area contributed by atoms with Crippen LogP contribution >= 0.6 is 15.9 Å². The second-order valence-electron chi connectivity index (χ2n) is 2.88. The first-order chi connectivity index (χ1) is 6.43. The lowest BCUT2D eigenvalue weighted by atomic mass is 10.3. The van der Waals surface area contributed by atoms with Crippen molar-refractivity contribution in [2.24, 2.45) is 0 Å². The Labute approximate surface area is 87.9 Å². The minimum Gasteiger partial charge on any atom is -0.290 e. The van der Waals surface area contributed by atoms with Crippen LogP contribution < -0.4 is 5.69 Å². The molecule has 3 nitrogen and oxygen atoms in total. The maximum atomic E-state index is 12.1. The Balaban J connectivity index is 3.30. The normalized spacial score (nSPS) is 11.0. The molecule has 0 spiro atoms. The lowest BCUT2D eigenvalue weighted by molar-refractivity contribution is 0.123. The van der Waals surface area contributed by atoms with Crippen molar-refractivity contribution in [3.63, 3.8) is 0 Å². The highest BCUT2D eigenvalue weighted by Gasteiger charge is 2.12. The van der Waals surface area contributed by atoms with Crippen LogP contribution in [0.15, 0.2) is 9.27 Å². The summed E-state index contributed by atoms with van der Waals surface area (Å²) < 4.78 is 25.8. The van der Waals surface area contributed by atoms with Crippen LogP contribution in [0.2, 0.25) is 0 Å². The maximum Gasteiger partial charge on any atom is 0.348 e. The van der Waals surface area contributed by atoms with E-state index in [-0.39, 0.29) is 0 Å². The van der Waals surface area contributed by atoms with Gasteiger partial charge in [0.1, 0.15) is 0 Å². The Bertz CT molecular complexity index is 403. The topological polar surface area (TPSA) is 34.9 Å². The zero-order valence-corrected chi connectivity index (χ0v) is 9.31. The molecule has 1 rings (SSSR count). The fraction of sp³-hybridized carbons (Fsp3) is 0.500. The van der Waals surface area contributed by atoms with Gasteiger partial charge in [0, 0.05) is 5.69 Å². The number of hydrogen-bond acceptors (Lipinski definition) is 2. The van der Waals surface area contributed by atoms with Gasteiger partial charge in [-0.15, -0.1) is 0 Å². The van der Waals surface area contributed by atoms with Crippen LogP contribution in [0.25, 0.3) is 0 Å². The number of aryl methyl sites for hydroxylation is 1. The van der Waals surface area contributed by atoms with E-state index >= 15 is 0 Å². The number of alkyl halides is 2. The third kappa shape index (κ3) is 2.17. The molecule has 78 valence electrons. The molecule has 1 aromatic heterocycles. The fourth-order valence-electron chi connectivity index (χ4n) is 1.13. The van der Waals surface area contributed by atoms with Gasteiger partial charge in [-0.1, -0.05) is 0 Å². The zero-order valence-electron chi connectivity index (χ0n) is 7.72. The van der Waals surface area contributed by atoms with Gasteiger partial charge in [0.05, 0.1) is 16.7 Å². The number of aromatic nitrogens is 2. The van der Waals surface area contributed by atoms with Gasteiger partial charge in [0.25, 0.3) is 6.43 Å². The number of nitrogens with zero attached hydrogens (tertiary/aromatic N) is 2. The molecule has 0 N–H and O–H groups in total. The van der Waals surface area contributed by atoms with Gasteiger partial charge >= 0.3 is 5.69 Å². The lowest BCUT2D eigenvalue weighted by Crippen LogP contribution is -2.28. The van der Waals surface area contributed by atoms with Gasteiger partial charge in [0.2, 0.25) is 0 Å². The highest BCUT2D eigenvalue weighted by Crippen LogP contribution is 2.17. The van der Waals surface area contributed by atoms with Gasteiger partial charge < -0.3 is 0 Å². The summed E-state index contributed by atoms with van der Waals surface area (Å²) in [6.45, 7) is 2.63. The molecule has 0 saturated heterocycles. The first-order valence-electron chi connectivity index (χ1n) is 3.95. The summed E-state index contributed by atoms with van der Waals surface area (Å²) in [4.78, 5) is 14.9. The van der Waals surface area contributed by atoms with E-state index in [0.29, 0.717) is 15.9 Å². The summed E-state index contributed by atoms with van der Waals surface area (Å²) in [5, 5.41) is 0. The van der Waals surface area contributed by atoms with Crippen molar-refractivity contribution in [1.82, 2.24) is 9.55 Å². The van der Waals surface area contributed by atoms with E-state index < -0.39 is 18.7 Å².